The third-order valence-corrected chi connectivity index (χ3v) is 3.44. The van der Waals surface area contributed by atoms with E-state index in [9.17, 15) is 0 Å². The highest BCUT2D eigenvalue weighted by atomic mass is 15.3. The zero-order valence-electron chi connectivity index (χ0n) is 12.6. The molecule has 0 radical (unpaired) electrons. The Kier molecular flexibility index (Phi) is 4.25. The molecule has 3 aromatic rings. The van der Waals surface area contributed by atoms with Crippen LogP contribution < -0.4 is 5.32 Å². The van der Waals surface area contributed by atoms with Crippen molar-refractivity contribution in [3.63, 3.8) is 0 Å². The summed E-state index contributed by atoms with van der Waals surface area (Å²) in [6, 6.07) is 11.9. The summed E-state index contributed by atoms with van der Waals surface area (Å²) in [4.78, 5) is 8.08. The zero-order valence-corrected chi connectivity index (χ0v) is 12.6. The highest BCUT2D eigenvalue weighted by Crippen LogP contribution is 2.16. The van der Waals surface area contributed by atoms with E-state index in [1.165, 1.54) is 6.20 Å². The smallest absolute Gasteiger partial charge is 0.182 e. The molecule has 0 aliphatic heterocycles. The fourth-order valence-corrected chi connectivity index (χ4v) is 2.26. The normalized spacial score (nSPS) is 10.3. The van der Waals surface area contributed by atoms with Gasteiger partial charge in [-0.2, -0.15) is 5.26 Å². The van der Waals surface area contributed by atoms with Gasteiger partial charge in [-0.25, -0.2) is 9.97 Å². The SMILES string of the molecule is Cn1c(CCNc2nccnc2C#N)nnc1-c1ccccc1. The van der Waals surface area contributed by atoms with Crippen molar-refractivity contribution in [3.8, 4) is 17.5 Å². The van der Waals surface area contributed by atoms with Crippen molar-refractivity contribution in [1.82, 2.24) is 24.7 Å². The van der Waals surface area contributed by atoms with Crippen LogP contribution >= 0.6 is 0 Å². The van der Waals surface area contributed by atoms with Gasteiger partial charge in [0, 0.05) is 38.0 Å². The van der Waals surface area contributed by atoms with Gasteiger partial charge in [0.2, 0.25) is 0 Å². The van der Waals surface area contributed by atoms with E-state index in [0.29, 0.717) is 18.8 Å². The van der Waals surface area contributed by atoms with Crippen LogP contribution in [0, 0.1) is 11.3 Å². The topological polar surface area (TPSA) is 92.3 Å². The summed E-state index contributed by atoms with van der Waals surface area (Å²) >= 11 is 0. The predicted molar refractivity (Wildman–Crippen MR) is 85.4 cm³/mol. The van der Waals surface area contributed by atoms with E-state index >= 15 is 0 Å². The Bertz CT molecular complexity index is 833. The van der Waals surface area contributed by atoms with Gasteiger partial charge in [0.05, 0.1) is 0 Å². The Morgan fingerprint density at radius 1 is 1.13 bits per heavy atom. The Labute approximate surface area is 133 Å². The summed E-state index contributed by atoms with van der Waals surface area (Å²) in [5.41, 5.74) is 1.32. The van der Waals surface area contributed by atoms with Gasteiger partial charge in [-0.3, -0.25) is 0 Å². The highest BCUT2D eigenvalue weighted by Gasteiger charge is 2.10. The Balaban J connectivity index is 1.68. The average molecular weight is 305 g/mol. The van der Waals surface area contributed by atoms with Gasteiger partial charge in [0.1, 0.15) is 11.9 Å². The van der Waals surface area contributed by atoms with Gasteiger partial charge in [0.15, 0.2) is 17.3 Å². The Morgan fingerprint density at radius 2 is 1.91 bits per heavy atom. The van der Waals surface area contributed by atoms with Crippen molar-refractivity contribution in [1.29, 1.82) is 5.26 Å². The van der Waals surface area contributed by atoms with Crippen LogP contribution in [0.3, 0.4) is 0 Å². The van der Waals surface area contributed by atoms with E-state index in [0.717, 1.165) is 17.2 Å². The maximum Gasteiger partial charge on any atom is 0.182 e. The molecule has 2 aromatic heterocycles. The Hall–Kier alpha value is -3.27. The molecule has 0 amide bonds. The van der Waals surface area contributed by atoms with E-state index in [1.807, 2.05) is 48.0 Å². The van der Waals surface area contributed by atoms with Crippen LogP contribution in [0.5, 0.6) is 0 Å². The molecule has 0 aliphatic rings. The summed E-state index contributed by atoms with van der Waals surface area (Å²) in [5.74, 6) is 2.18. The second-order valence-corrected chi connectivity index (χ2v) is 4.91. The lowest BCUT2D eigenvalue weighted by molar-refractivity contribution is 0.790. The van der Waals surface area contributed by atoms with Gasteiger partial charge in [0.25, 0.3) is 0 Å². The maximum atomic E-state index is 8.99. The number of hydrogen-bond acceptors (Lipinski definition) is 6. The highest BCUT2D eigenvalue weighted by molar-refractivity contribution is 5.54. The van der Waals surface area contributed by atoms with Crippen LogP contribution in [0.1, 0.15) is 11.5 Å². The first-order valence-corrected chi connectivity index (χ1v) is 7.18. The molecule has 0 aliphatic carbocycles. The maximum absolute atomic E-state index is 8.99. The number of rotatable bonds is 5. The Morgan fingerprint density at radius 3 is 2.70 bits per heavy atom. The first-order chi connectivity index (χ1) is 11.3. The van der Waals surface area contributed by atoms with Crippen molar-refractivity contribution in [2.45, 2.75) is 6.42 Å². The minimum atomic E-state index is 0.287. The molecule has 0 saturated heterocycles. The summed E-state index contributed by atoms with van der Waals surface area (Å²) in [5, 5.41) is 20.6. The van der Waals surface area contributed by atoms with Crippen molar-refractivity contribution in [2.24, 2.45) is 7.05 Å². The van der Waals surface area contributed by atoms with Gasteiger partial charge in [-0.15, -0.1) is 10.2 Å². The molecule has 0 saturated carbocycles. The van der Waals surface area contributed by atoms with E-state index in [2.05, 4.69) is 25.5 Å². The second-order valence-electron chi connectivity index (χ2n) is 4.91. The predicted octanol–water partition coefficient (Wildman–Crippen LogP) is 1.80. The number of anilines is 1. The molecule has 23 heavy (non-hydrogen) atoms. The van der Waals surface area contributed by atoms with Crippen LogP contribution in [0.15, 0.2) is 42.7 Å². The lowest BCUT2D eigenvalue weighted by Gasteiger charge is -2.06. The lowest BCUT2D eigenvalue weighted by atomic mass is 10.2. The zero-order chi connectivity index (χ0) is 16.1. The van der Waals surface area contributed by atoms with Gasteiger partial charge in [-0.1, -0.05) is 30.3 Å². The van der Waals surface area contributed by atoms with Crippen molar-refractivity contribution < 1.29 is 0 Å². The minimum absolute atomic E-state index is 0.287. The van der Waals surface area contributed by atoms with Crippen molar-refractivity contribution in [2.75, 3.05) is 11.9 Å². The molecule has 0 atom stereocenters. The van der Waals surface area contributed by atoms with Gasteiger partial charge < -0.3 is 9.88 Å². The molecule has 0 spiro atoms. The van der Waals surface area contributed by atoms with E-state index in [-0.39, 0.29) is 5.69 Å². The third kappa shape index (κ3) is 3.16. The van der Waals surface area contributed by atoms with E-state index < -0.39 is 0 Å². The molecule has 7 nitrogen and oxygen atoms in total. The number of nitrogens with one attached hydrogen (secondary N) is 1. The number of aromatic nitrogens is 5. The summed E-state index contributed by atoms with van der Waals surface area (Å²) < 4.78 is 1.97. The monoisotopic (exact) mass is 305 g/mol. The first kappa shape index (κ1) is 14.7. The molecule has 0 bridgehead atoms. The average Bonchev–Trinajstić information content (AvgIpc) is 2.97. The third-order valence-electron chi connectivity index (χ3n) is 3.44. The first-order valence-electron chi connectivity index (χ1n) is 7.18. The number of benzene rings is 1. The molecule has 0 fully saturated rings. The fraction of sp³-hybridized carbons (Fsp3) is 0.188. The largest absolute Gasteiger partial charge is 0.367 e. The van der Waals surface area contributed by atoms with Crippen LogP contribution in [0.2, 0.25) is 0 Å². The van der Waals surface area contributed by atoms with E-state index in [4.69, 9.17) is 5.26 Å². The summed E-state index contributed by atoms with van der Waals surface area (Å²) in [6.45, 7) is 0.591. The molecule has 1 N–H and O–H groups in total. The molecular formula is C16H15N7. The molecular weight excluding hydrogens is 290 g/mol. The summed E-state index contributed by atoms with van der Waals surface area (Å²) in [7, 11) is 1.95. The number of hydrogen-bond donors (Lipinski definition) is 1. The van der Waals surface area contributed by atoms with Crippen LogP contribution in [-0.4, -0.2) is 31.3 Å². The van der Waals surface area contributed by atoms with Crippen LogP contribution in [0.4, 0.5) is 5.82 Å². The molecule has 3 rings (SSSR count). The lowest BCUT2D eigenvalue weighted by Crippen LogP contribution is -2.11. The minimum Gasteiger partial charge on any atom is -0.367 e. The quantitative estimate of drug-likeness (QED) is 0.772. The van der Waals surface area contributed by atoms with Gasteiger partial charge >= 0.3 is 0 Å². The standard InChI is InChI=1S/C16H15N7/c1-23-14(21-22-16(23)12-5-3-2-4-6-12)7-8-19-15-13(11-17)18-9-10-20-15/h2-6,9-10H,7-8H2,1H3,(H,19,20). The second kappa shape index (κ2) is 6.66. The van der Waals surface area contributed by atoms with Gasteiger partial charge in [-0.05, 0) is 0 Å². The van der Waals surface area contributed by atoms with Crippen LogP contribution in [0.25, 0.3) is 11.4 Å². The number of nitriles is 1. The fourth-order valence-electron chi connectivity index (χ4n) is 2.26. The molecule has 2 heterocycles. The van der Waals surface area contributed by atoms with Crippen LogP contribution in [-0.2, 0) is 13.5 Å². The number of nitrogens with zero attached hydrogens (tertiary/aromatic N) is 6. The molecule has 114 valence electrons. The molecule has 1 aromatic carbocycles. The molecule has 7 heteroatoms. The molecule has 0 unspecified atom stereocenters. The van der Waals surface area contributed by atoms with Crippen molar-refractivity contribution in [3.05, 3.63) is 54.2 Å². The van der Waals surface area contributed by atoms with E-state index in [1.54, 1.807) is 6.20 Å². The van der Waals surface area contributed by atoms with Crippen molar-refractivity contribution >= 4 is 5.82 Å². The summed E-state index contributed by atoms with van der Waals surface area (Å²) in [6.07, 6.45) is 3.72.